The number of carbonyl (C=O) groups excluding carboxylic acids is 1. The van der Waals surface area contributed by atoms with E-state index in [1.807, 2.05) is 19.1 Å². The van der Waals surface area contributed by atoms with Crippen LogP contribution in [0.15, 0.2) is 23.2 Å². The first kappa shape index (κ1) is 22.8. The van der Waals surface area contributed by atoms with Gasteiger partial charge in [0, 0.05) is 37.3 Å². The van der Waals surface area contributed by atoms with Crippen molar-refractivity contribution in [1.82, 2.24) is 10.2 Å². The Morgan fingerprint density at radius 3 is 2.65 bits per heavy atom. The predicted octanol–water partition coefficient (Wildman–Crippen LogP) is 3.32. The summed E-state index contributed by atoms with van der Waals surface area (Å²) in [6.07, 6.45) is 1.56. The lowest BCUT2D eigenvalue weighted by molar-refractivity contribution is -0.149. The van der Waals surface area contributed by atoms with Gasteiger partial charge < -0.3 is 19.7 Å². The van der Waals surface area contributed by atoms with Crippen molar-refractivity contribution in [1.29, 1.82) is 0 Å². The van der Waals surface area contributed by atoms with Gasteiger partial charge in [0.2, 0.25) is 0 Å². The second-order valence-electron chi connectivity index (χ2n) is 5.87. The monoisotopic (exact) mass is 495 g/mol. The van der Waals surface area contributed by atoms with Gasteiger partial charge in [-0.25, -0.2) is 0 Å². The number of nitrogens with zero attached hydrogens (tertiary/aromatic N) is 2. The van der Waals surface area contributed by atoms with Gasteiger partial charge in [0.1, 0.15) is 5.75 Å². The van der Waals surface area contributed by atoms with Crippen LogP contribution in [0.2, 0.25) is 5.02 Å². The van der Waals surface area contributed by atoms with E-state index in [2.05, 4.69) is 15.2 Å². The maximum absolute atomic E-state index is 11.8. The molecule has 0 spiro atoms. The van der Waals surface area contributed by atoms with E-state index in [0.29, 0.717) is 18.2 Å². The van der Waals surface area contributed by atoms with Crippen LogP contribution in [0.4, 0.5) is 0 Å². The molecule has 0 atom stereocenters. The molecule has 1 aromatic carbocycles. The number of benzene rings is 1. The Morgan fingerprint density at radius 2 is 2.08 bits per heavy atom. The highest BCUT2D eigenvalue weighted by atomic mass is 127. The molecule has 1 saturated heterocycles. The molecule has 8 heteroatoms. The summed E-state index contributed by atoms with van der Waals surface area (Å²) in [5.74, 6) is 1.47. The zero-order chi connectivity index (χ0) is 18.2. The number of hydrogen-bond acceptors (Lipinski definition) is 4. The molecule has 0 radical (unpaired) electrons. The van der Waals surface area contributed by atoms with Gasteiger partial charge in [0.15, 0.2) is 5.96 Å². The molecule has 0 bridgehead atoms. The van der Waals surface area contributed by atoms with Crippen molar-refractivity contribution in [2.45, 2.75) is 26.3 Å². The molecule has 0 aliphatic carbocycles. The van der Waals surface area contributed by atoms with Crippen LogP contribution in [0.5, 0.6) is 5.75 Å². The SMILES string of the molecule is CCOC(=O)C1CCN(C(=NC)NCc2ccc(Cl)cc2OC)CC1.I. The average Bonchev–Trinajstić information content (AvgIpc) is 2.63. The van der Waals surface area contributed by atoms with E-state index >= 15 is 0 Å². The van der Waals surface area contributed by atoms with Gasteiger partial charge >= 0.3 is 5.97 Å². The highest BCUT2D eigenvalue weighted by molar-refractivity contribution is 14.0. The van der Waals surface area contributed by atoms with Crippen molar-refractivity contribution in [3.63, 3.8) is 0 Å². The molecule has 6 nitrogen and oxygen atoms in total. The van der Waals surface area contributed by atoms with Gasteiger partial charge in [0.25, 0.3) is 0 Å². The molecule has 146 valence electrons. The Kier molecular flexibility index (Phi) is 10.1. The number of piperidine rings is 1. The molecule has 0 amide bonds. The van der Waals surface area contributed by atoms with Gasteiger partial charge in [-0.1, -0.05) is 17.7 Å². The van der Waals surface area contributed by atoms with Crippen LogP contribution in [0.1, 0.15) is 25.3 Å². The van der Waals surface area contributed by atoms with Crippen LogP contribution in [0.3, 0.4) is 0 Å². The fraction of sp³-hybridized carbons (Fsp3) is 0.556. The highest BCUT2D eigenvalue weighted by Gasteiger charge is 2.27. The highest BCUT2D eigenvalue weighted by Crippen LogP contribution is 2.23. The van der Waals surface area contributed by atoms with Gasteiger partial charge in [-0.3, -0.25) is 9.79 Å². The van der Waals surface area contributed by atoms with Crippen LogP contribution in [-0.2, 0) is 16.1 Å². The number of aliphatic imine (C=N–C) groups is 1. The molecule has 1 aliphatic heterocycles. The number of ether oxygens (including phenoxy) is 2. The summed E-state index contributed by atoms with van der Waals surface area (Å²) in [6, 6.07) is 5.58. The van der Waals surface area contributed by atoms with Crippen LogP contribution in [0, 0.1) is 5.92 Å². The summed E-state index contributed by atoms with van der Waals surface area (Å²) in [5.41, 5.74) is 1.01. The fourth-order valence-corrected chi connectivity index (χ4v) is 3.12. The average molecular weight is 496 g/mol. The number of rotatable bonds is 5. The minimum atomic E-state index is -0.0870. The molecule has 0 unspecified atom stereocenters. The van der Waals surface area contributed by atoms with Gasteiger partial charge in [-0.05, 0) is 31.9 Å². The second kappa shape index (κ2) is 11.5. The minimum Gasteiger partial charge on any atom is -0.496 e. The summed E-state index contributed by atoms with van der Waals surface area (Å²) < 4.78 is 10.5. The first-order valence-corrected chi connectivity index (χ1v) is 8.91. The third-order valence-electron chi connectivity index (χ3n) is 4.31. The van der Waals surface area contributed by atoms with Crippen LogP contribution >= 0.6 is 35.6 Å². The maximum atomic E-state index is 11.8. The Labute approximate surface area is 177 Å². The summed E-state index contributed by atoms with van der Waals surface area (Å²) in [7, 11) is 3.39. The number of esters is 1. The Balaban J connectivity index is 0.00000338. The Hall–Kier alpha value is -1.22. The normalized spacial score (nSPS) is 15.2. The molecule has 26 heavy (non-hydrogen) atoms. The lowest BCUT2D eigenvalue weighted by Crippen LogP contribution is -2.46. The van der Waals surface area contributed by atoms with Gasteiger partial charge in [0.05, 0.1) is 19.6 Å². The standard InChI is InChI=1S/C18H26ClN3O3.HI/c1-4-25-17(23)13-7-9-22(10-8-13)18(20-2)21-12-14-5-6-15(19)11-16(14)24-3;/h5-6,11,13H,4,7-10,12H2,1-3H3,(H,20,21);1H. The summed E-state index contributed by atoms with van der Waals surface area (Å²) in [6.45, 7) is 4.42. The molecular weight excluding hydrogens is 469 g/mol. The second-order valence-corrected chi connectivity index (χ2v) is 6.31. The van der Waals surface area contributed by atoms with Crippen LogP contribution in [0.25, 0.3) is 0 Å². The molecule has 1 N–H and O–H groups in total. The number of methoxy groups -OCH3 is 1. The number of nitrogens with one attached hydrogen (secondary N) is 1. The largest absolute Gasteiger partial charge is 0.496 e. The van der Waals surface area contributed by atoms with E-state index in [0.717, 1.165) is 43.2 Å². The molecular formula is C18H27ClIN3O3. The molecule has 0 saturated carbocycles. The van der Waals surface area contributed by atoms with Crippen LogP contribution in [-0.4, -0.2) is 50.7 Å². The third-order valence-corrected chi connectivity index (χ3v) is 4.55. The number of carbonyl (C=O) groups is 1. The van der Waals surface area contributed by atoms with Gasteiger partial charge in [-0.2, -0.15) is 0 Å². The summed E-state index contributed by atoms with van der Waals surface area (Å²) >= 11 is 6.00. The molecule has 1 aliphatic rings. The van der Waals surface area contributed by atoms with Gasteiger partial charge in [-0.15, -0.1) is 24.0 Å². The van der Waals surface area contributed by atoms with E-state index in [1.165, 1.54) is 0 Å². The number of guanidine groups is 1. The van der Waals surface area contributed by atoms with Crippen molar-refractivity contribution in [2.75, 3.05) is 33.9 Å². The number of halogens is 2. The number of hydrogen-bond donors (Lipinski definition) is 1. The van der Waals surface area contributed by atoms with E-state index in [9.17, 15) is 4.79 Å². The molecule has 2 rings (SSSR count). The van der Waals surface area contributed by atoms with Crippen LogP contribution < -0.4 is 10.1 Å². The first-order valence-electron chi connectivity index (χ1n) is 8.53. The van der Waals surface area contributed by atoms with E-state index in [1.54, 1.807) is 20.2 Å². The van der Waals surface area contributed by atoms with E-state index in [4.69, 9.17) is 21.1 Å². The van der Waals surface area contributed by atoms with Crippen molar-refractivity contribution in [3.8, 4) is 5.75 Å². The summed E-state index contributed by atoms with van der Waals surface area (Å²) in [5, 5.41) is 4.00. The lowest BCUT2D eigenvalue weighted by Gasteiger charge is -2.33. The molecule has 1 fully saturated rings. The first-order chi connectivity index (χ1) is 12.1. The fourth-order valence-electron chi connectivity index (χ4n) is 2.96. The smallest absolute Gasteiger partial charge is 0.309 e. The van der Waals surface area contributed by atoms with Crippen molar-refractivity contribution < 1.29 is 14.3 Å². The minimum absolute atomic E-state index is 0. The van der Waals surface area contributed by atoms with Crippen molar-refractivity contribution in [3.05, 3.63) is 28.8 Å². The van der Waals surface area contributed by atoms with E-state index in [-0.39, 0.29) is 35.9 Å². The summed E-state index contributed by atoms with van der Waals surface area (Å²) in [4.78, 5) is 18.4. The quantitative estimate of drug-likeness (QED) is 0.294. The Bertz CT molecular complexity index is 620. The number of likely N-dealkylation sites (tertiary alicyclic amines) is 1. The Morgan fingerprint density at radius 1 is 1.38 bits per heavy atom. The van der Waals surface area contributed by atoms with Crippen molar-refractivity contribution >= 4 is 47.5 Å². The van der Waals surface area contributed by atoms with E-state index < -0.39 is 0 Å². The zero-order valence-corrected chi connectivity index (χ0v) is 18.5. The van der Waals surface area contributed by atoms with Crippen molar-refractivity contribution in [2.24, 2.45) is 10.9 Å². The molecule has 0 aromatic heterocycles. The third kappa shape index (κ3) is 6.19. The molecule has 1 aromatic rings. The predicted molar refractivity (Wildman–Crippen MR) is 115 cm³/mol. The molecule has 1 heterocycles. The maximum Gasteiger partial charge on any atom is 0.309 e. The topological polar surface area (TPSA) is 63.2 Å². The zero-order valence-electron chi connectivity index (χ0n) is 15.5. The lowest BCUT2D eigenvalue weighted by atomic mass is 9.97.